The van der Waals surface area contributed by atoms with Gasteiger partial charge in [0.1, 0.15) is 11.9 Å². The summed E-state index contributed by atoms with van der Waals surface area (Å²) in [6.07, 6.45) is 4.38. The summed E-state index contributed by atoms with van der Waals surface area (Å²) in [7, 11) is 1.64. The molecule has 45 heavy (non-hydrogen) atoms. The molecule has 5 atom stereocenters. The highest BCUT2D eigenvalue weighted by molar-refractivity contribution is 5.94. The summed E-state index contributed by atoms with van der Waals surface area (Å²) in [6.45, 7) is 8.91. The lowest BCUT2D eigenvalue weighted by atomic mass is 9.50. The van der Waals surface area contributed by atoms with E-state index in [1.54, 1.807) is 13.2 Å². The quantitative estimate of drug-likeness (QED) is 0.341. The number of piperidine rings is 1. The lowest BCUT2D eigenvalue weighted by molar-refractivity contribution is -0.137. The summed E-state index contributed by atoms with van der Waals surface area (Å²) in [5.41, 5.74) is 5.18. The summed E-state index contributed by atoms with van der Waals surface area (Å²) < 4.78 is 12.8. The highest BCUT2D eigenvalue weighted by Crippen LogP contribution is 2.65. The molecule has 2 aliphatic carbocycles. The van der Waals surface area contributed by atoms with Crippen molar-refractivity contribution in [2.75, 3.05) is 26.7 Å². The maximum Gasteiger partial charge on any atom is 0.299 e. The zero-order valence-electron chi connectivity index (χ0n) is 26.9. The molecule has 234 valence electrons. The van der Waals surface area contributed by atoms with Crippen molar-refractivity contribution in [2.24, 2.45) is 11.8 Å². The van der Waals surface area contributed by atoms with Crippen LogP contribution in [0.1, 0.15) is 60.9 Å². The average Bonchev–Trinajstić information content (AvgIpc) is 3.38. The van der Waals surface area contributed by atoms with Gasteiger partial charge in [0, 0.05) is 53.2 Å². The van der Waals surface area contributed by atoms with Crippen LogP contribution in [0.4, 0.5) is 0 Å². The molecule has 2 heterocycles. The Kier molecular flexibility index (Phi) is 7.78. The number of benzene rings is 3. The van der Waals surface area contributed by atoms with Crippen LogP contribution in [-0.2, 0) is 23.1 Å². The Balaban J connectivity index is 1.26. The second-order valence-corrected chi connectivity index (χ2v) is 13.9. The van der Waals surface area contributed by atoms with E-state index < -0.39 is 0 Å². The van der Waals surface area contributed by atoms with E-state index in [1.807, 2.05) is 36.1 Å². The molecule has 0 radical (unpaired) electrons. The smallest absolute Gasteiger partial charge is 0.299 e. The number of hydrogen-bond acceptors (Lipinski definition) is 5. The first kappa shape index (κ1) is 29.7. The van der Waals surface area contributed by atoms with E-state index in [0.717, 1.165) is 73.2 Å². The fourth-order valence-corrected chi connectivity index (χ4v) is 9.00. The highest BCUT2D eigenvalue weighted by atomic mass is 16.5. The SMILES string of the molecule is COc1cc(O)c2c3c1O[C@H]1[C@H](N(CC(C)C)C(=O)C#Cc4cccc(C)c4)CC[C@H]4[C@@H](C2)N(CCc2ccccc2)CC[C@@]341. The monoisotopic (exact) mass is 604 g/mol. The number of hydrogen-bond donors (Lipinski definition) is 1. The van der Waals surface area contributed by atoms with Gasteiger partial charge in [-0.1, -0.05) is 62.2 Å². The van der Waals surface area contributed by atoms with Crippen LogP contribution < -0.4 is 9.47 Å². The minimum absolute atomic E-state index is 0.121. The molecule has 2 fully saturated rings. The van der Waals surface area contributed by atoms with Gasteiger partial charge in [-0.3, -0.25) is 9.69 Å². The molecule has 3 aromatic carbocycles. The Morgan fingerprint density at radius 1 is 1.16 bits per heavy atom. The number of carbonyl (C=O) groups excluding carboxylic acids is 1. The molecule has 6 nitrogen and oxygen atoms in total. The van der Waals surface area contributed by atoms with Gasteiger partial charge < -0.3 is 19.5 Å². The second-order valence-electron chi connectivity index (χ2n) is 13.9. The Morgan fingerprint density at radius 3 is 2.73 bits per heavy atom. The van der Waals surface area contributed by atoms with E-state index >= 15 is 0 Å². The molecule has 1 N–H and O–H groups in total. The number of nitrogens with zero attached hydrogens (tertiary/aromatic N) is 2. The maximum absolute atomic E-state index is 14.0. The molecule has 1 saturated heterocycles. The number of likely N-dealkylation sites (tertiary alicyclic amines) is 1. The van der Waals surface area contributed by atoms with Crippen molar-refractivity contribution in [3.63, 3.8) is 0 Å². The lowest BCUT2D eigenvalue weighted by Crippen LogP contribution is -2.69. The molecule has 1 spiro atoms. The Bertz CT molecular complexity index is 1660. The number of amides is 1. The fourth-order valence-electron chi connectivity index (χ4n) is 9.00. The molecule has 2 aliphatic heterocycles. The van der Waals surface area contributed by atoms with Gasteiger partial charge >= 0.3 is 0 Å². The number of phenols is 1. The molecule has 1 amide bonds. The van der Waals surface area contributed by atoms with Gasteiger partial charge in [0.25, 0.3) is 5.91 Å². The molecule has 0 unspecified atom stereocenters. The summed E-state index contributed by atoms with van der Waals surface area (Å²) in [5, 5.41) is 11.4. The number of carbonyl (C=O) groups is 1. The van der Waals surface area contributed by atoms with Crippen molar-refractivity contribution in [1.29, 1.82) is 0 Å². The third-order valence-electron chi connectivity index (χ3n) is 10.8. The van der Waals surface area contributed by atoms with Crippen LogP contribution in [0.5, 0.6) is 17.2 Å². The highest BCUT2D eigenvalue weighted by Gasteiger charge is 2.67. The van der Waals surface area contributed by atoms with Crippen LogP contribution in [0.25, 0.3) is 0 Å². The maximum atomic E-state index is 14.0. The molecular formula is C39H44N2O4. The lowest BCUT2D eigenvalue weighted by Gasteiger charge is -2.60. The summed E-state index contributed by atoms with van der Waals surface area (Å²) in [5.74, 6) is 8.30. The first-order valence-corrected chi connectivity index (χ1v) is 16.6. The van der Waals surface area contributed by atoms with Crippen LogP contribution >= 0.6 is 0 Å². The van der Waals surface area contributed by atoms with Crippen LogP contribution in [-0.4, -0.2) is 65.7 Å². The Hall–Kier alpha value is -3.95. The number of methoxy groups -OCH3 is 1. The molecule has 2 bridgehead atoms. The first-order chi connectivity index (χ1) is 21.8. The van der Waals surface area contributed by atoms with E-state index in [1.165, 1.54) is 5.56 Å². The topological polar surface area (TPSA) is 62.2 Å². The van der Waals surface area contributed by atoms with E-state index in [2.05, 4.69) is 60.9 Å². The number of rotatable bonds is 7. The number of aryl methyl sites for hydroxylation is 1. The molecule has 6 heteroatoms. The third-order valence-corrected chi connectivity index (χ3v) is 10.8. The van der Waals surface area contributed by atoms with Crippen molar-refractivity contribution < 1.29 is 19.4 Å². The first-order valence-electron chi connectivity index (χ1n) is 16.6. The van der Waals surface area contributed by atoms with Crippen molar-refractivity contribution in [3.05, 3.63) is 88.5 Å². The van der Waals surface area contributed by atoms with E-state index in [4.69, 9.17) is 9.47 Å². The molecule has 4 aliphatic rings. The van der Waals surface area contributed by atoms with Gasteiger partial charge in [-0.15, -0.1) is 0 Å². The van der Waals surface area contributed by atoms with Gasteiger partial charge in [-0.05, 0) is 80.7 Å². The average molecular weight is 605 g/mol. The molecule has 1 saturated carbocycles. The van der Waals surface area contributed by atoms with Gasteiger partial charge in [0.05, 0.1) is 13.2 Å². The summed E-state index contributed by atoms with van der Waals surface area (Å²) in [6, 6.07) is 20.6. The predicted molar refractivity (Wildman–Crippen MR) is 176 cm³/mol. The summed E-state index contributed by atoms with van der Waals surface area (Å²) >= 11 is 0. The van der Waals surface area contributed by atoms with Crippen LogP contribution in [0.2, 0.25) is 0 Å². The van der Waals surface area contributed by atoms with E-state index in [9.17, 15) is 9.90 Å². The normalized spacial score (nSPS) is 26.0. The van der Waals surface area contributed by atoms with Crippen LogP contribution in [0.15, 0.2) is 60.7 Å². The number of phenolic OH excluding ortho intramolecular Hbond substituents is 1. The third kappa shape index (κ3) is 5.06. The van der Waals surface area contributed by atoms with Gasteiger partial charge in [-0.25, -0.2) is 0 Å². The van der Waals surface area contributed by atoms with Crippen molar-refractivity contribution in [3.8, 4) is 29.1 Å². The van der Waals surface area contributed by atoms with Crippen LogP contribution in [0.3, 0.4) is 0 Å². The van der Waals surface area contributed by atoms with Crippen LogP contribution in [0, 0.1) is 30.6 Å². The van der Waals surface area contributed by atoms with Gasteiger partial charge in [-0.2, -0.15) is 0 Å². The van der Waals surface area contributed by atoms with E-state index in [-0.39, 0.29) is 29.4 Å². The Morgan fingerprint density at radius 2 is 1.98 bits per heavy atom. The van der Waals surface area contributed by atoms with Crippen molar-refractivity contribution in [2.45, 2.75) is 76.5 Å². The van der Waals surface area contributed by atoms with Crippen molar-refractivity contribution in [1.82, 2.24) is 9.80 Å². The molecule has 3 aromatic rings. The number of ether oxygens (including phenoxy) is 2. The summed E-state index contributed by atoms with van der Waals surface area (Å²) in [4.78, 5) is 18.7. The minimum Gasteiger partial charge on any atom is -0.508 e. The molecule has 7 rings (SSSR count). The standard InChI is InChI=1S/C39H44N2O4/c1-25(2)24-41(35(43)16-13-28-12-8-9-26(3)21-28)31-15-14-30-32-22-29-33(42)23-34(44-4)37-36(29)39(30,38(31)45-37)18-20-40(32)19-17-27-10-6-5-7-11-27/h5-12,21,23,25,30-32,38,42H,14-15,17-20,22,24H2,1-4H3/t30-,31+,32+,38-,39-/m0/s1. The fraction of sp³-hybridized carbons (Fsp3) is 0.462. The van der Waals surface area contributed by atoms with Crippen molar-refractivity contribution >= 4 is 5.91 Å². The van der Waals surface area contributed by atoms with Gasteiger partial charge in [0.2, 0.25) is 0 Å². The largest absolute Gasteiger partial charge is 0.508 e. The molecule has 0 aromatic heterocycles. The van der Waals surface area contributed by atoms with E-state index in [0.29, 0.717) is 30.0 Å². The minimum atomic E-state index is -0.286. The predicted octanol–water partition coefficient (Wildman–Crippen LogP) is 5.90. The zero-order valence-corrected chi connectivity index (χ0v) is 26.9. The van der Waals surface area contributed by atoms with Gasteiger partial charge in [0.15, 0.2) is 11.5 Å². The molecular weight excluding hydrogens is 560 g/mol. The Labute approximate surface area is 267 Å². The second kappa shape index (κ2) is 11.8. The zero-order chi connectivity index (χ0) is 31.3. The number of aromatic hydroxyl groups is 1.